The molecule has 0 aliphatic heterocycles. The average Bonchev–Trinajstić information content (AvgIpc) is 2.45. The fraction of sp³-hybridized carbons (Fsp3) is 0.0625. The third-order valence-electron chi connectivity index (χ3n) is 3.25. The molecule has 0 saturated heterocycles. The van der Waals surface area contributed by atoms with E-state index in [9.17, 15) is 13.2 Å². The summed E-state index contributed by atoms with van der Waals surface area (Å²) in [5, 5.41) is 1.03. The Balaban J connectivity index is 2.03. The van der Waals surface area contributed by atoms with Gasteiger partial charge in [-0.05, 0) is 42.8 Å². The van der Waals surface area contributed by atoms with Crippen LogP contribution in [0, 0.1) is 6.92 Å². The normalized spacial score (nSPS) is 11.6. The molecule has 0 saturated carbocycles. The molecule has 0 spiro atoms. The highest BCUT2D eigenvalue weighted by molar-refractivity contribution is 7.87. The first-order valence-corrected chi connectivity index (χ1v) is 8.86. The van der Waals surface area contributed by atoms with Gasteiger partial charge in [0.2, 0.25) is 0 Å². The Hall–Kier alpha value is -2.02. The van der Waals surface area contributed by atoms with Gasteiger partial charge in [0.15, 0.2) is 0 Å². The van der Waals surface area contributed by atoms with Gasteiger partial charge in [0.05, 0.1) is 0 Å². The summed E-state index contributed by atoms with van der Waals surface area (Å²) in [6.07, 6.45) is 0. The van der Waals surface area contributed by atoms with Crippen LogP contribution >= 0.6 is 23.2 Å². The zero-order chi connectivity index (χ0) is 17.5. The predicted molar refractivity (Wildman–Crippen MR) is 91.5 cm³/mol. The molecule has 0 fully saturated rings. The Morgan fingerprint density at radius 1 is 1.00 bits per heavy atom. The van der Waals surface area contributed by atoms with E-state index in [1.165, 1.54) is 36.4 Å². The lowest BCUT2D eigenvalue weighted by Gasteiger charge is -2.09. The number of rotatable bonds is 3. The van der Waals surface area contributed by atoms with Crippen LogP contribution in [0.5, 0.6) is 5.75 Å². The lowest BCUT2D eigenvalue weighted by Crippen LogP contribution is -2.10. The molecule has 2 aromatic carbocycles. The quantitative estimate of drug-likeness (QED) is 0.500. The molecule has 5 nitrogen and oxygen atoms in total. The van der Waals surface area contributed by atoms with Gasteiger partial charge in [-0.25, -0.2) is 4.79 Å². The van der Waals surface area contributed by atoms with Gasteiger partial charge in [-0.3, -0.25) is 0 Å². The van der Waals surface area contributed by atoms with Crippen molar-refractivity contribution in [3.05, 3.63) is 68.5 Å². The van der Waals surface area contributed by atoms with Crippen molar-refractivity contribution < 1.29 is 17.0 Å². The highest BCUT2D eigenvalue weighted by Crippen LogP contribution is 2.27. The molecule has 1 aromatic heterocycles. The first kappa shape index (κ1) is 16.8. The van der Waals surface area contributed by atoms with Crippen molar-refractivity contribution >= 4 is 44.3 Å². The Morgan fingerprint density at radius 3 is 2.33 bits per heavy atom. The number of benzene rings is 2. The Labute approximate surface area is 147 Å². The molecule has 0 amide bonds. The molecule has 0 bridgehead atoms. The zero-order valence-electron chi connectivity index (χ0n) is 12.2. The van der Waals surface area contributed by atoms with Crippen molar-refractivity contribution in [3.8, 4) is 5.75 Å². The van der Waals surface area contributed by atoms with Crippen molar-refractivity contribution in [2.24, 2.45) is 0 Å². The lowest BCUT2D eigenvalue weighted by atomic mass is 10.1. The van der Waals surface area contributed by atoms with E-state index in [0.29, 0.717) is 5.39 Å². The van der Waals surface area contributed by atoms with Crippen molar-refractivity contribution in [2.75, 3.05) is 0 Å². The van der Waals surface area contributed by atoms with Gasteiger partial charge in [-0.1, -0.05) is 23.2 Å². The topological polar surface area (TPSA) is 73.6 Å². The van der Waals surface area contributed by atoms with Crippen LogP contribution in [-0.4, -0.2) is 8.42 Å². The van der Waals surface area contributed by atoms with E-state index in [0.717, 1.165) is 5.56 Å². The molecule has 1 heterocycles. The molecule has 0 unspecified atom stereocenters. The standard InChI is InChI=1S/C16H10Cl2O5S/c1-9-4-16(19)22-15-8-12(2-3-14(9)15)23-24(20,21)13-6-10(17)5-11(18)7-13/h2-8H,1H3. The summed E-state index contributed by atoms with van der Waals surface area (Å²) in [6, 6.07) is 9.65. The molecule has 24 heavy (non-hydrogen) atoms. The lowest BCUT2D eigenvalue weighted by molar-refractivity contribution is 0.485. The van der Waals surface area contributed by atoms with E-state index >= 15 is 0 Å². The van der Waals surface area contributed by atoms with Crippen LogP contribution in [0.3, 0.4) is 0 Å². The number of hydrogen-bond donors (Lipinski definition) is 0. The summed E-state index contributed by atoms with van der Waals surface area (Å²) in [7, 11) is -4.14. The molecule has 124 valence electrons. The molecule has 0 aliphatic rings. The third-order valence-corrected chi connectivity index (χ3v) is 4.91. The Morgan fingerprint density at radius 2 is 1.67 bits per heavy atom. The van der Waals surface area contributed by atoms with Crippen molar-refractivity contribution in [2.45, 2.75) is 11.8 Å². The van der Waals surface area contributed by atoms with Gasteiger partial charge in [-0.2, -0.15) is 8.42 Å². The maximum absolute atomic E-state index is 12.3. The van der Waals surface area contributed by atoms with E-state index in [2.05, 4.69) is 0 Å². The second-order valence-corrected chi connectivity index (χ2v) is 7.47. The molecule has 0 aliphatic carbocycles. The fourth-order valence-electron chi connectivity index (χ4n) is 2.20. The van der Waals surface area contributed by atoms with Gasteiger partial charge in [0.1, 0.15) is 16.2 Å². The first-order chi connectivity index (χ1) is 11.2. The monoisotopic (exact) mass is 384 g/mol. The number of hydrogen-bond acceptors (Lipinski definition) is 5. The van der Waals surface area contributed by atoms with Gasteiger partial charge in [0.25, 0.3) is 0 Å². The molecule has 3 aromatic rings. The summed E-state index contributed by atoms with van der Waals surface area (Å²) in [4.78, 5) is 11.3. The van der Waals surface area contributed by atoms with Gasteiger partial charge in [-0.15, -0.1) is 0 Å². The molecule has 3 rings (SSSR count). The van der Waals surface area contributed by atoms with Crippen molar-refractivity contribution in [1.82, 2.24) is 0 Å². The summed E-state index contributed by atoms with van der Waals surface area (Å²) < 4.78 is 34.8. The van der Waals surface area contributed by atoms with Crippen LogP contribution in [0.4, 0.5) is 0 Å². The number of aryl methyl sites for hydroxylation is 1. The largest absolute Gasteiger partial charge is 0.423 e. The smallest absolute Gasteiger partial charge is 0.339 e. The second-order valence-electron chi connectivity index (χ2n) is 5.05. The predicted octanol–water partition coefficient (Wildman–Crippen LogP) is 4.18. The minimum absolute atomic E-state index is 0.00680. The van der Waals surface area contributed by atoms with Crippen LogP contribution < -0.4 is 9.81 Å². The Bertz CT molecular complexity index is 1080. The van der Waals surface area contributed by atoms with E-state index in [1.807, 2.05) is 0 Å². The van der Waals surface area contributed by atoms with E-state index in [-0.39, 0.29) is 26.3 Å². The van der Waals surface area contributed by atoms with E-state index in [4.69, 9.17) is 31.8 Å². The molecular formula is C16H10Cl2O5S. The summed E-state index contributed by atoms with van der Waals surface area (Å²) >= 11 is 11.6. The minimum atomic E-state index is -4.14. The highest BCUT2D eigenvalue weighted by Gasteiger charge is 2.19. The summed E-state index contributed by atoms with van der Waals surface area (Å²) in [5.74, 6) is 0.00680. The molecule has 0 N–H and O–H groups in total. The van der Waals surface area contributed by atoms with Crippen LogP contribution in [-0.2, 0) is 10.1 Å². The highest BCUT2D eigenvalue weighted by atomic mass is 35.5. The average molecular weight is 385 g/mol. The fourth-order valence-corrected chi connectivity index (χ4v) is 3.86. The molecule has 8 heteroatoms. The summed E-state index contributed by atoms with van der Waals surface area (Å²) in [5.41, 5.74) is 0.427. The van der Waals surface area contributed by atoms with Crippen molar-refractivity contribution in [3.63, 3.8) is 0 Å². The number of halogens is 2. The minimum Gasteiger partial charge on any atom is -0.423 e. The van der Waals surface area contributed by atoms with Crippen LogP contribution in [0.25, 0.3) is 11.0 Å². The molecule has 0 atom stereocenters. The van der Waals surface area contributed by atoms with Gasteiger partial charge in [0, 0.05) is 27.6 Å². The second kappa shape index (κ2) is 6.12. The summed E-state index contributed by atoms with van der Waals surface area (Å²) in [6.45, 7) is 1.75. The third kappa shape index (κ3) is 3.40. The van der Waals surface area contributed by atoms with E-state index in [1.54, 1.807) is 13.0 Å². The zero-order valence-corrected chi connectivity index (χ0v) is 14.6. The van der Waals surface area contributed by atoms with Gasteiger partial charge < -0.3 is 8.60 Å². The van der Waals surface area contributed by atoms with E-state index < -0.39 is 15.7 Å². The van der Waals surface area contributed by atoms with Crippen LogP contribution in [0.2, 0.25) is 10.0 Å². The van der Waals surface area contributed by atoms with Crippen molar-refractivity contribution in [1.29, 1.82) is 0 Å². The number of fused-ring (bicyclic) bond motifs is 1. The molecular weight excluding hydrogens is 375 g/mol. The van der Waals surface area contributed by atoms with Crippen LogP contribution in [0.1, 0.15) is 5.56 Å². The maximum atomic E-state index is 12.3. The van der Waals surface area contributed by atoms with Crippen LogP contribution in [0.15, 0.2) is 56.6 Å². The van der Waals surface area contributed by atoms with Gasteiger partial charge >= 0.3 is 15.7 Å². The first-order valence-electron chi connectivity index (χ1n) is 6.70. The molecule has 0 radical (unpaired) electrons. The maximum Gasteiger partial charge on any atom is 0.339 e. The Kier molecular flexibility index (Phi) is 4.29. The SMILES string of the molecule is Cc1cc(=O)oc2cc(OS(=O)(=O)c3cc(Cl)cc(Cl)c3)ccc12.